The third-order valence-electron chi connectivity index (χ3n) is 3.12. The SMILES string of the molecule is NC(=O)[C@H](NCCc1ccccc1Cl)c1ccccc1. The molecule has 0 unspecified atom stereocenters. The van der Waals surface area contributed by atoms with E-state index in [1.54, 1.807) is 0 Å². The number of hydrogen-bond acceptors (Lipinski definition) is 2. The minimum atomic E-state index is -0.473. The van der Waals surface area contributed by atoms with Gasteiger partial charge in [0.25, 0.3) is 0 Å². The van der Waals surface area contributed by atoms with Crippen LogP contribution in [0.2, 0.25) is 5.02 Å². The molecule has 0 radical (unpaired) electrons. The van der Waals surface area contributed by atoms with Gasteiger partial charge in [0.15, 0.2) is 0 Å². The monoisotopic (exact) mass is 288 g/mol. The lowest BCUT2D eigenvalue weighted by Crippen LogP contribution is -2.34. The first-order chi connectivity index (χ1) is 9.68. The van der Waals surface area contributed by atoms with E-state index in [1.807, 2.05) is 54.6 Å². The van der Waals surface area contributed by atoms with Gasteiger partial charge in [0.2, 0.25) is 5.91 Å². The fraction of sp³-hybridized carbons (Fsp3) is 0.188. The number of carbonyl (C=O) groups is 1. The van der Waals surface area contributed by atoms with Crippen LogP contribution in [0.5, 0.6) is 0 Å². The van der Waals surface area contributed by atoms with Crippen molar-refractivity contribution in [3.63, 3.8) is 0 Å². The molecule has 3 N–H and O–H groups in total. The van der Waals surface area contributed by atoms with Crippen LogP contribution in [0.1, 0.15) is 17.2 Å². The molecule has 104 valence electrons. The summed E-state index contributed by atoms with van der Waals surface area (Å²) in [5.74, 6) is -0.379. The van der Waals surface area contributed by atoms with Crippen molar-refractivity contribution in [1.29, 1.82) is 0 Å². The summed E-state index contributed by atoms with van der Waals surface area (Å²) in [4.78, 5) is 11.5. The third kappa shape index (κ3) is 3.83. The topological polar surface area (TPSA) is 55.1 Å². The van der Waals surface area contributed by atoms with Crippen molar-refractivity contribution in [2.75, 3.05) is 6.54 Å². The van der Waals surface area contributed by atoms with Gasteiger partial charge < -0.3 is 11.1 Å². The van der Waals surface area contributed by atoms with E-state index in [1.165, 1.54) is 0 Å². The molecule has 0 bridgehead atoms. The Labute approximate surface area is 123 Å². The van der Waals surface area contributed by atoms with Crippen LogP contribution in [-0.4, -0.2) is 12.5 Å². The van der Waals surface area contributed by atoms with Crippen molar-refractivity contribution in [3.05, 3.63) is 70.7 Å². The Balaban J connectivity index is 1.97. The normalized spacial score (nSPS) is 12.1. The number of hydrogen-bond donors (Lipinski definition) is 2. The molecule has 1 amide bonds. The Morgan fingerprint density at radius 1 is 1.10 bits per heavy atom. The third-order valence-corrected chi connectivity index (χ3v) is 3.49. The Morgan fingerprint density at radius 2 is 1.75 bits per heavy atom. The quantitative estimate of drug-likeness (QED) is 0.859. The smallest absolute Gasteiger partial charge is 0.239 e. The predicted octanol–water partition coefficient (Wildman–Crippen LogP) is 2.70. The zero-order valence-corrected chi connectivity index (χ0v) is 11.8. The Morgan fingerprint density at radius 3 is 2.40 bits per heavy atom. The van der Waals surface area contributed by atoms with Crippen LogP contribution in [0, 0.1) is 0 Å². The summed E-state index contributed by atoms with van der Waals surface area (Å²) in [6.45, 7) is 0.631. The fourth-order valence-electron chi connectivity index (χ4n) is 2.08. The lowest BCUT2D eigenvalue weighted by molar-refractivity contribution is -0.120. The lowest BCUT2D eigenvalue weighted by atomic mass is 10.1. The molecule has 0 aromatic heterocycles. The van der Waals surface area contributed by atoms with Crippen LogP contribution in [-0.2, 0) is 11.2 Å². The maximum absolute atomic E-state index is 11.5. The van der Waals surface area contributed by atoms with Gasteiger partial charge in [0.1, 0.15) is 6.04 Å². The van der Waals surface area contributed by atoms with Crippen LogP contribution in [0.4, 0.5) is 0 Å². The summed E-state index contributed by atoms with van der Waals surface area (Å²) in [5.41, 5.74) is 7.38. The highest BCUT2D eigenvalue weighted by molar-refractivity contribution is 6.31. The van der Waals surface area contributed by atoms with Crippen molar-refractivity contribution in [1.82, 2.24) is 5.32 Å². The zero-order chi connectivity index (χ0) is 14.4. The minimum absolute atomic E-state index is 0.379. The number of halogens is 1. The van der Waals surface area contributed by atoms with Gasteiger partial charge in [-0.2, -0.15) is 0 Å². The van der Waals surface area contributed by atoms with E-state index in [0.717, 1.165) is 22.6 Å². The summed E-state index contributed by atoms with van der Waals surface area (Å²) in [7, 11) is 0. The average molecular weight is 289 g/mol. The number of benzene rings is 2. The molecule has 0 saturated carbocycles. The first-order valence-corrected chi connectivity index (χ1v) is 6.87. The van der Waals surface area contributed by atoms with Gasteiger partial charge in [-0.05, 0) is 23.6 Å². The lowest BCUT2D eigenvalue weighted by Gasteiger charge is -2.16. The largest absolute Gasteiger partial charge is 0.368 e. The summed E-state index contributed by atoms with van der Waals surface area (Å²) in [5, 5.41) is 3.92. The molecule has 20 heavy (non-hydrogen) atoms. The highest BCUT2D eigenvalue weighted by Gasteiger charge is 2.16. The number of rotatable bonds is 6. The van der Waals surface area contributed by atoms with E-state index in [9.17, 15) is 4.79 Å². The second kappa shape index (κ2) is 7.08. The van der Waals surface area contributed by atoms with Gasteiger partial charge in [-0.25, -0.2) is 0 Å². The van der Waals surface area contributed by atoms with Gasteiger partial charge >= 0.3 is 0 Å². The summed E-state index contributed by atoms with van der Waals surface area (Å²) < 4.78 is 0. The molecule has 2 rings (SSSR count). The molecular formula is C16H17ClN2O. The van der Waals surface area contributed by atoms with Crippen molar-refractivity contribution in [3.8, 4) is 0 Å². The average Bonchev–Trinajstić information content (AvgIpc) is 2.46. The summed E-state index contributed by atoms with van der Waals surface area (Å²) in [6.07, 6.45) is 0.746. The van der Waals surface area contributed by atoms with E-state index >= 15 is 0 Å². The summed E-state index contributed by atoms with van der Waals surface area (Å²) >= 11 is 6.10. The van der Waals surface area contributed by atoms with E-state index < -0.39 is 6.04 Å². The minimum Gasteiger partial charge on any atom is -0.368 e. The van der Waals surface area contributed by atoms with Gasteiger partial charge in [-0.15, -0.1) is 0 Å². The Hall–Kier alpha value is -1.84. The van der Waals surface area contributed by atoms with Gasteiger partial charge in [-0.3, -0.25) is 4.79 Å². The van der Waals surface area contributed by atoms with Gasteiger partial charge in [0, 0.05) is 11.6 Å². The molecule has 2 aromatic carbocycles. The van der Waals surface area contributed by atoms with Crippen LogP contribution in [0.3, 0.4) is 0 Å². The molecule has 0 spiro atoms. The molecule has 2 aromatic rings. The molecule has 0 aliphatic rings. The molecular weight excluding hydrogens is 272 g/mol. The number of amides is 1. The fourth-order valence-corrected chi connectivity index (χ4v) is 2.31. The number of nitrogens with one attached hydrogen (secondary N) is 1. The van der Waals surface area contributed by atoms with Crippen molar-refractivity contribution in [2.24, 2.45) is 5.73 Å². The Kier molecular flexibility index (Phi) is 5.16. The highest BCUT2D eigenvalue weighted by Crippen LogP contribution is 2.16. The Bertz CT molecular complexity index is 572. The molecule has 1 atom stereocenters. The first kappa shape index (κ1) is 14.6. The van der Waals surface area contributed by atoms with E-state index in [0.29, 0.717) is 6.54 Å². The highest BCUT2D eigenvalue weighted by atomic mass is 35.5. The van der Waals surface area contributed by atoms with Crippen LogP contribution < -0.4 is 11.1 Å². The number of primary amides is 1. The van der Waals surface area contributed by atoms with Crippen LogP contribution in [0.25, 0.3) is 0 Å². The number of carbonyl (C=O) groups excluding carboxylic acids is 1. The maximum Gasteiger partial charge on any atom is 0.239 e. The number of nitrogens with two attached hydrogens (primary N) is 1. The van der Waals surface area contributed by atoms with Gasteiger partial charge in [0.05, 0.1) is 0 Å². The standard InChI is InChI=1S/C16H17ClN2O/c17-14-9-5-4-6-12(14)10-11-19-15(16(18)20)13-7-2-1-3-8-13/h1-9,15,19H,10-11H2,(H2,18,20)/t15-/m1/s1. The molecule has 0 saturated heterocycles. The van der Waals surface area contributed by atoms with E-state index in [-0.39, 0.29) is 5.91 Å². The molecule has 0 aliphatic heterocycles. The second-order valence-corrected chi connectivity index (χ2v) is 4.95. The summed E-state index contributed by atoms with van der Waals surface area (Å²) in [6, 6.07) is 16.7. The second-order valence-electron chi connectivity index (χ2n) is 4.54. The van der Waals surface area contributed by atoms with E-state index in [4.69, 9.17) is 17.3 Å². The zero-order valence-electron chi connectivity index (χ0n) is 11.1. The van der Waals surface area contributed by atoms with Crippen molar-refractivity contribution < 1.29 is 4.79 Å². The van der Waals surface area contributed by atoms with Crippen molar-refractivity contribution in [2.45, 2.75) is 12.5 Å². The molecule has 3 nitrogen and oxygen atoms in total. The van der Waals surface area contributed by atoms with Crippen molar-refractivity contribution >= 4 is 17.5 Å². The van der Waals surface area contributed by atoms with E-state index in [2.05, 4.69) is 5.32 Å². The first-order valence-electron chi connectivity index (χ1n) is 6.49. The van der Waals surface area contributed by atoms with Gasteiger partial charge in [-0.1, -0.05) is 60.1 Å². The van der Waals surface area contributed by atoms with Crippen LogP contribution in [0.15, 0.2) is 54.6 Å². The molecule has 0 fully saturated rings. The maximum atomic E-state index is 11.5. The molecule has 0 heterocycles. The molecule has 0 aliphatic carbocycles. The van der Waals surface area contributed by atoms with Crippen LogP contribution >= 0.6 is 11.6 Å². The molecule has 4 heteroatoms. The predicted molar refractivity (Wildman–Crippen MR) is 81.5 cm³/mol.